The van der Waals surface area contributed by atoms with E-state index in [1.807, 2.05) is 0 Å². The van der Waals surface area contributed by atoms with Crippen LogP contribution in [0.25, 0.3) is 43.1 Å². The van der Waals surface area contributed by atoms with Crippen LogP contribution in [0.5, 0.6) is 0 Å². The van der Waals surface area contributed by atoms with E-state index in [9.17, 15) is 19.2 Å². The smallest absolute Gasteiger partial charge is 0.346 e. The minimum absolute atomic E-state index is 0.0227. The Kier molecular flexibility index (Phi) is 1.97. The number of rotatable bonds is 0. The van der Waals surface area contributed by atoms with Crippen LogP contribution in [0.4, 0.5) is 0 Å². The molecule has 0 bridgehead atoms. The topological polar surface area (TPSA) is 86.7 Å². The monoisotopic (exact) mass is 396 g/mol. The number of carbonyl (C=O) groups excluding carboxylic acids is 4. The van der Waals surface area contributed by atoms with Gasteiger partial charge < -0.3 is 9.47 Å². The summed E-state index contributed by atoms with van der Waals surface area (Å²) in [5.74, 6) is -3.71. The van der Waals surface area contributed by atoms with Crippen LogP contribution in [0.3, 0.4) is 0 Å². The van der Waals surface area contributed by atoms with Gasteiger partial charge in [0.25, 0.3) is 0 Å². The molecule has 0 aromatic heterocycles. The van der Waals surface area contributed by atoms with Gasteiger partial charge in [0.15, 0.2) is 0 Å². The van der Waals surface area contributed by atoms with Crippen LogP contribution in [-0.2, 0) is 9.47 Å². The summed E-state index contributed by atoms with van der Waals surface area (Å²) in [5, 5.41) is 1.53. The molecule has 0 aliphatic carbocycles. The van der Waals surface area contributed by atoms with E-state index < -0.39 is 23.9 Å². The normalized spacial score (nSPS) is 17.3. The maximum atomic E-state index is 12.5. The third kappa shape index (κ3) is 1.58. The lowest BCUT2D eigenvalue weighted by Crippen LogP contribution is -2.20. The summed E-state index contributed by atoms with van der Waals surface area (Å²) in [6, 6.07) is 4.30. The molecule has 0 unspecified atom stereocenters. The highest BCUT2D eigenvalue weighted by atomic mass is 16.6. The maximum absolute atomic E-state index is 12.5. The molecule has 0 fully saturated rings. The summed E-state index contributed by atoms with van der Waals surface area (Å²) in [4.78, 5) is 50.0. The van der Waals surface area contributed by atoms with Crippen LogP contribution in [-0.4, -0.2) is 23.9 Å². The molecule has 2 heterocycles. The summed E-state index contributed by atoms with van der Waals surface area (Å²) in [6.45, 7) is 0. The lowest BCUT2D eigenvalue weighted by Gasteiger charge is -2.22. The van der Waals surface area contributed by atoms with Crippen LogP contribution in [0, 0.1) is 0 Å². The van der Waals surface area contributed by atoms with Gasteiger partial charge in [-0.25, -0.2) is 19.2 Å². The summed E-state index contributed by atoms with van der Waals surface area (Å²) in [7, 11) is 0. The minimum atomic E-state index is -0.928. The molecule has 7 rings (SSSR count). The fourth-order valence-electron chi connectivity index (χ4n) is 4.55. The zero-order valence-corrected chi connectivity index (χ0v) is 14.8. The SMILES string of the molecule is [2H]c1cc2c3c(cc([2H])c4c5c([2H])cc6c7c(cc([2H])c(c1c34)c75)C(=O)OC6=O)C(=O)OC2=O. The van der Waals surface area contributed by atoms with Crippen molar-refractivity contribution in [3.8, 4) is 0 Å². The Balaban J connectivity index is 1.93. The fraction of sp³-hybridized carbons (Fsp3) is 0. The van der Waals surface area contributed by atoms with Crippen molar-refractivity contribution in [1.82, 2.24) is 0 Å². The number of benzene rings is 5. The third-order valence-electron chi connectivity index (χ3n) is 5.77. The van der Waals surface area contributed by atoms with Crippen LogP contribution in [0.15, 0.2) is 48.4 Å². The van der Waals surface area contributed by atoms with Crippen molar-refractivity contribution in [3.63, 3.8) is 0 Å². The van der Waals surface area contributed by atoms with Crippen LogP contribution in [0.1, 0.15) is 46.9 Å². The number of cyclic esters (lactones) is 4. The largest absolute Gasteiger partial charge is 0.386 e. The first-order valence-electron chi connectivity index (χ1n) is 10.9. The molecule has 0 N–H and O–H groups in total. The molecule has 6 nitrogen and oxygen atoms in total. The van der Waals surface area contributed by atoms with Gasteiger partial charge in [0.1, 0.15) is 0 Å². The number of esters is 4. The van der Waals surface area contributed by atoms with Gasteiger partial charge in [0.2, 0.25) is 0 Å². The molecule has 5 aromatic rings. The van der Waals surface area contributed by atoms with Crippen molar-refractivity contribution < 1.29 is 34.1 Å². The molecule has 0 atom stereocenters. The maximum Gasteiger partial charge on any atom is 0.346 e. The van der Waals surface area contributed by atoms with Crippen molar-refractivity contribution in [2.45, 2.75) is 0 Å². The molecule has 2 aliphatic rings. The summed E-state index contributed by atoms with van der Waals surface area (Å²) in [5.41, 5.74) is -0.0909. The quantitative estimate of drug-likeness (QED) is 0.167. The third-order valence-corrected chi connectivity index (χ3v) is 5.77. The van der Waals surface area contributed by atoms with Gasteiger partial charge in [-0.1, -0.05) is 24.2 Å². The molecule has 6 heteroatoms. The van der Waals surface area contributed by atoms with Gasteiger partial charge in [-0.2, -0.15) is 0 Å². The molecular weight excluding hydrogens is 384 g/mol. The van der Waals surface area contributed by atoms with Crippen molar-refractivity contribution in [2.24, 2.45) is 0 Å². The van der Waals surface area contributed by atoms with E-state index in [2.05, 4.69) is 0 Å². The fourth-order valence-corrected chi connectivity index (χ4v) is 4.55. The Morgan fingerprint density at radius 1 is 0.467 bits per heavy atom. The second kappa shape index (κ2) is 4.80. The van der Waals surface area contributed by atoms with Gasteiger partial charge in [-0.3, -0.25) is 0 Å². The predicted octanol–water partition coefficient (Wildman–Crippen LogP) is 4.36. The Morgan fingerprint density at radius 2 is 0.733 bits per heavy atom. The highest BCUT2D eigenvalue weighted by Crippen LogP contribution is 2.45. The van der Waals surface area contributed by atoms with Crippen molar-refractivity contribution in [1.29, 1.82) is 0 Å². The first-order valence-corrected chi connectivity index (χ1v) is 8.94. The summed E-state index contributed by atoms with van der Waals surface area (Å²) >= 11 is 0. The van der Waals surface area contributed by atoms with E-state index in [0.29, 0.717) is 0 Å². The molecule has 0 amide bonds. The number of hydrogen-bond donors (Lipinski definition) is 0. The highest BCUT2D eigenvalue weighted by molar-refractivity contribution is 6.39. The second-order valence-electron chi connectivity index (χ2n) is 7.16. The van der Waals surface area contributed by atoms with Crippen LogP contribution < -0.4 is 0 Å². The number of ether oxygens (including phenoxy) is 2. The Bertz CT molecular complexity index is 1660. The molecule has 0 saturated carbocycles. The second-order valence-corrected chi connectivity index (χ2v) is 7.16. The molecule has 140 valence electrons. The van der Waals surface area contributed by atoms with Gasteiger partial charge in [0.05, 0.1) is 27.7 Å². The van der Waals surface area contributed by atoms with Crippen LogP contribution >= 0.6 is 0 Å². The van der Waals surface area contributed by atoms with Crippen molar-refractivity contribution >= 4 is 67.0 Å². The lowest BCUT2D eigenvalue weighted by atomic mass is 9.83. The van der Waals surface area contributed by atoms with E-state index in [4.69, 9.17) is 15.0 Å². The molecular formula is C24H8O6. The van der Waals surface area contributed by atoms with Crippen molar-refractivity contribution in [3.05, 3.63) is 70.7 Å². The van der Waals surface area contributed by atoms with Gasteiger partial charge >= 0.3 is 23.9 Å². The van der Waals surface area contributed by atoms with Gasteiger partial charge in [0, 0.05) is 10.8 Å². The average Bonchev–Trinajstić information content (AvgIpc) is 2.77. The molecule has 30 heavy (non-hydrogen) atoms. The van der Waals surface area contributed by atoms with E-state index in [0.717, 1.165) is 0 Å². The van der Waals surface area contributed by atoms with E-state index in [-0.39, 0.29) is 89.5 Å². The Labute approximate surface area is 172 Å². The minimum Gasteiger partial charge on any atom is -0.386 e. The summed E-state index contributed by atoms with van der Waals surface area (Å²) in [6.07, 6.45) is 0. The lowest BCUT2D eigenvalue weighted by molar-refractivity contribution is 0.0373. The highest BCUT2D eigenvalue weighted by Gasteiger charge is 2.32. The molecule has 5 aromatic carbocycles. The summed E-state index contributed by atoms with van der Waals surface area (Å²) < 4.78 is 44.3. The number of carbonyl (C=O) groups is 4. The Morgan fingerprint density at radius 3 is 1.00 bits per heavy atom. The zero-order valence-electron chi connectivity index (χ0n) is 18.8. The van der Waals surface area contributed by atoms with Gasteiger partial charge in [-0.15, -0.1) is 0 Å². The first-order chi connectivity index (χ1) is 16.2. The molecule has 2 aliphatic heterocycles. The van der Waals surface area contributed by atoms with E-state index in [1.54, 1.807) is 0 Å². The van der Waals surface area contributed by atoms with E-state index >= 15 is 0 Å². The van der Waals surface area contributed by atoms with E-state index in [1.165, 1.54) is 24.3 Å². The average molecular weight is 396 g/mol. The zero-order chi connectivity index (χ0) is 23.8. The van der Waals surface area contributed by atoms with Crippen LogP contribution in [0.2, 0.25) is 0 Å². The van der Waals surface area contributed by atoms with Gasteiger partial charge in [-0.05, 0) is 56.6 Å². The first kappa shape index (κ1) is 12.3. The Hall–Kier alpha value is -4.32. The predicted molar refractivity (Wildman–Crippen MR) is 107 cm³/mol. The standard InChI is InChI=1S/C24H8O6/c25-21-13-5-1-9-10-2-6-15-20-16(24(28)30-23(15)27)8-4-12(18(10)20)11-3-7-14(22(26)29-21)19(13)17(9)11/h1-8H/i1D,2D,3D,4D. The molecule has 0 radical (unpaired) electrons. The number of fused-ring (bicyclic) bond motifs is 2. The van der Waals surface area contributed by atoms with Crippen molar-refractivity contribution in [2.75, 3.05) is 0 Å². The number of hydrogen-bond acceptors (Lipinski definition) is 6. The molecule has 0 saturated heterocycles. The molecule has 0 spiro atoms.